The number of nitrogens with one attached hydrogen (secondary N) is 1. The lowest BCUT2D eigenvalue weighted by atomic mass is 9.78. The number of alkyl halides is 6. The van der Waals surface area contributed by atoms with Crippen molar-refractivity contribution in [1.29, 1.82) is 0 Å². The molecule has 2 rings (SSSR count). The SMILES string of the molecule is Fc1c(Cl)cc(C(F)(F)F)cc1[C@]1(C(F)(F)F)CCNC1. The first-order valence-corrected chi connectivity index (χ1v) is 6.21. The second kappa shape index (κ2) is 5.01. The van der Waals surface area contributed by atoms with Crippen molar-refractivity contribution in [1.82, 2.24) is 5.32 Å². The van der Waals surface area contributed by atoms with Crippen LogP contribution in [0.25, 0.3) is 0 Å². The Labute approximate surface area is 120 Å². The van der Waals surface area contributed by atoms with Gasteiger partial charge in [0, 0.05) is 12.1 Å². The van der Waals surface area contributed by atoms with Gasteiger partial charge in [-0.05, 0) is 25.1 Å². The van der Waals surface area contributed by atoms with Crippen molar-refractivity contribution in [3.8, 4) is 0 Å². The van der Waals surface area contributed by atoms with Crippen molar-refractivity contribution >= 4 is 11.6 Å². The standard InChI is InChI=1S/C12H9ClF7N/c13-8-4-6(11(15,16)17)3-7(9(8)14)10(12(18,19)20)1-2-21-5-10/h3-4,21H,1-2,5H2/t10-/m0/s1. The minimum absolute atomic E-state index is 0.0766. The van der Waals surface area contributed by atoms with Crippen LogP contribution in [0.15, 0.2) is 12.1 Å². The molecule has 0 radical (unpaired) electrons. The predicted molar refractivity (Wildman–Crippen MR) is 61.6 cm³/mol. The van der Waals surface area contributed by atoms with E-state index in [1.165, 1.54) is 0 Å². The summed E-state index contributed by atoms with van der Waals surface area (Å²) < 4.78 is 92.0. The molecule has 9 heteroatoms. The number of hydrogen-bond donors (Lipinski definition) is 1. The molecule has 0 bridgehead atoms. The van der Waals surface area contributed by atoms with Crippen LogP contribution >= 0.6 is 11.6 Å². The van der Waals surface area contributed by atoms with Gasteiger partial charge in [-0.25, -0.2) is 4.39 Å². The topological polar surface area (TPSA) is 12.0 Å². The van der Waals surface area contributed by atoms with Crippen LogP contribution in [-0.4, -0.2) is 19.3 Å². The number of hydrogen-bond acceptors (Lipinski definition) is 1. The average molecular weight is 336 g/mol. The van der Waals surface area contributed by atoms with Gasteiger partial charge in [-0.15, -0.1) is 0 Å². The maximum atomic E-state index is 14.0. The number of benzene rings is 1. The minimum Gasteiger partial charge on any atom is -0.315 e. The van der Waals surface area contributed by atoms with Crippen molar-refractivity contribution in [2.24, 2.45) is 0 Å². The first-order valence-electron chi connectivity index (χ1n) is 5.83. The zero-order chi connectivity index (χ0) is 16.1. The van der Waals surface area contributed by atoms with Gasteiger partial charge in [0.25, 0.3) is 0 Å². The molecule has 1 aliphatic heterocycles. The van der Waals surface area contributed by atoms with E-state index in [4.69, 9.17) is 11.6 Å². The zero-order valence-electron chi connectivity index (χ0n) is 10.3. The summed E-state index contributed by atoms with van der Waals surface area (Å²) in [6, 6.07) is 0.481. The van der Waals surface area contributed by atoms with E-state index in [0.29, 0.717) is 0 Å². The Morgan fingerprint density at radius 1 is 1.10 bits per heavy atom. The van der Waals surface area contributed by atoms with Crippen molar-refractivity contribution < 1.29 is 30.7 Å². The summed E-state index contributed by atoms with van der Waals surface area (Å²) in [5.74, 6) is -1.47. The maximum absolute atomic E-state index is 14.0. The maximum Gasteiger partial charge on any atom is 0.416 e. The summed E-state index contributed by atoms with van der Waals surface area (Å²) in [6.07, 6.45) is -10.4. The molecule has 0 unspecified atom stereocenters. The summed E-state index contributed by atoms with van der Waals surface area (Å²) in [6.45, 7) is -0.766. The van der Waals surface area contributed by atoms with Crippen LogP contribution in [0.1, 0.15) is 17.5 Å². The fraction of sp³-hybridized carbons (Fsp3) is 0.500. The lowest BCUT2D eigenvalue weighted by Crippen LogP contribution is -2.45. The molecule has 0 aromatic heterocycles. The van der Waals surface area contributed by atoms with Gasteiger partial charge in [0.15, 0.2) is 0 Å². The summed E-state index contributed by atoms with van der Waals surface area (Å²) in [7, 11) is 0. The number of rotatable bonds is 1. The number of halogens is 8. The van der Waals surface area contributed by atoms with Crippen LogP contribution in [0, 0.1) is 5.82 Å². The van der Waals surface area contributed by atoms with E-state index >= 15 is 0 Å². The van der Waals surface area contributed by atoms with Crippen molar-refractivity contribution in [3.63, 3.8) is 0 Å². The van der Waals surface area contributed by atoms with E-state index in [9.17, 15) is 30.7 Å². The first-order chi connectivity index (χ1) is 9.49. The van der Waals surface area contributed by atoms with E-state index in [1.54, 1.807) is 0 Å². The van der Waals surface area contributed by atoms with E-state index in [0.717, 1.165) is 0 Å². The second-order valence-electron chi connectivity index (χ2n) is 4.82. The smallest absolute Gasteiger partial charge is 0.315 e. The third kappa shape index (κ3) is 2.70. The van der Waals surface area contributed by atoms with Gasteiger partial charge in [0.05, 0.1) is 10.6 Å². The fourth-order valence-corrected chi connectivity index (χ4v) is 2.64. The van der Waals surface area contributed by atoms with Crippen LogP contribution in [0.4, 0.5) is 30.7 Å². The third-order valence-corrected chi connectivity index (χ3v) is 3.84. The molecule has 118 valence electrons. The molecule has 21 heavy (non-hydrogen) atoms. The van der Waals surface area contributed by atoms with Crippen molar-refractivity contribution in [2.75, 3.05) is 13.1 Å². The van der Waals surface area contributed by atoms with E-state index in [2.05, 4.69) is 5.32 Å². The Morgan fingerprint density at radius 3 is 2.14 bits per heavy atom. The summed E-state index contributed by atoms with van der Waals surface area (Å²) in [5.41, 5.74) is -5.18. The molecule has 1 aromatic carbocycles. The molecule has 1 saturated heterocycles. The summed E-state index contributed by atoms with van der Waals surface area (Å²) in [5, 5.41) is 1.44. The highest BCUT2D eigenvalue weighted by atomic mass is 35.5. The Balaban J connectivity index is 2.69. The molecule has 0 aliphatic carbocycles. The molecule has 0 spiro atoms. The minimum atomic E-state index is -4.91. The molecule has 0 saturated carbocycles. The summed E-state index contributed by atoms with van der Waals surface area (Å²) in [4.78, 5) is 0. The Hall–Kier alpha value is -1.02. The van der Waals surface area contributed by atoms with E-state index < -0.39 is 52.7 Å². The highest BCUT2D eigenvalue weighted by Crippen LogP contribution is 2.48. The second-order valence-corrected chi connectivity index (χ2v) is 5.23. The first kappa shape index (κ1) is 16.4. The van der Waals surface area contributed by atoms with E-state index in [-0.39, 0.29) is 18.7 Å². The van der Waals surface area contributed by atoms with Gasteiger partial charge in [-0.2, -0.15) is 26.3 Å². The highest BCUT2D eigenvalue weighted by molar-refractivity contribution is 6.30. The lowest BCUT2D eigenvalue weighted by Gasteiger charge is -2.32. The van der Waals surface area contributed by atoms with Gasteiger partial charge < -0.3 is 5.32 Å². The summed E-state index contributed by atoms with van der Waals surface area (Å²) >= 11 is 5.35. The monoisotopic (exact) mass is 335 g/mol. The van der Waals surface area contributed by atoms with Crippen LogP contribution in [0.5, 0.6) is 0 Å². The van der Waals surface area contributed by atoms with Crippen LogP contribution in [-0.2, 0) is 11.6 Å². The third-order valence-electron chi connectivity index (χ3n) is 3.57. The van der Waals surface area contributed by atoms with Crippen LogP contribution in [0.3, 0.4) is 0 Å². The normalized spacial score (nSPS) is 23.6. The molecule has 0 amide bonds. The van der Waals surface area contributed by atoms with Crippen LogP contribution in [0.2, 0.25) is 5.02 Å². The largest absolute Gasteiger partial charge is 0.416 e. The quantitative estimate of drug-likeness (QED) is 0.755. The van der Waals surface area contributed by atoms with Gasteiger partial charge in [-0.1, -0.05) is 11.6 Å². The molecule has 1 aliphatic rings. The lowest BCUT2D eigenvalue weighted by molar-refractivity contribution is -0.186. The fourth-order valence-electron chi connectivity index (χ4n) is 2.42. The Kier molecular flexibility index (Phi) is 3.90. The van der Waals surface area contributed by atoms with Gasteiger partial charge in [0.1, 0.15) is 11.2 Å². The molecule has 1 atom stereocenters. The van der Waals surface area contributed by atoms with Crippen LogP contribution < -0.4 is 5.32 Å². The Bertz CT molecular complexity index is 544. The molecule has 1 aromatic rings. The average Bonchev–Trinajstić information content (AvgIpc) is 2.80. The van der Waals surface area contributed by atoms with E-state index in [1.807, 2.05) is 0 Å². The van der Waals surface area contributed by atoms with Crippen molar-refractivity contribution in [2.45, 2.75) is 24.2 Å². The van der Waals surface area contributed by atoms with Crippen molar-refractivity contribution in [3.05, 3.63) is 34.1 Å². The molecule has 1 heterocycles. The molecular weight excluding hydrogens is 327 g/mol. The molecule has 1 N–H and O–H groups in total. The van der Waals surface area contributed by atoms with Gasteiger partial charge in [-0.3, -0.25) is 0 Å². The molecular formula is C12H9ClF7N. The van der Waals surface area contributed by atoms with Gasteiger partial charge in [0.2, 0.25) is 0 Å². The molecule has 1 fully saturated rings. The molecule has 1 nitrogen and oxygen atoms in total. The Morgan fingerprint density at radius 2 is 1.71 bits per heavy atom. The predicted octanol–water partition coefficient (Wildman–Crippen LogP) is 4.29. The van der Waals surface area contributed by atoms with Gasteiger partial charge >= 0.3 is 12.4 Å². The zero-order valence-corrected chi connectivity index (χ0v) is 11.1. The highest BCUT2D eigenvalue weighted by Gasteiger charge is 2.58.